The normalized spacial score (nSPS) is 17.8. The zero-order valence-electron chi connectivity index (χ0n) is 14.7. The van der Waals surface area contributed by atoms with Crippen molar-refractivity contribution in [2.75, 3.05) is 33.3 Å². The molecule has 1 aromatic carbocycles. The average molecular weight is 341 g/mol. The van der Waals surface area contributed by atoms with Crippen molar-refractivity contribution in [2.24, 2.45) is 0 Å². The maximum absolute atomic E-state index is 8.80. The SMILES string of the molecule is Cc1nc(CN(C)[C@@H]2CCN(CCOc3ccc(C#N)cc3)C2)no1. The fraction of sp³-hybridized carbons (Fsp3) is 0.500. The van der Waals surface area contributed by atoms with Crippen molar-refractivity contribution in [3.63, 3.8) is 0 Å². The summed E-state index contributed by atoms with van der Waals surface area (Å²) in [4.78, 5) is 8.96. The van der Waals surface area contributed by atoms with Crippen molar-refractivity contribution < 1.29 is 9.26 Å². The van der Waals surface area contributed by atoms with Gasteiger partial charge in [0.15, 0.2) is 5.82 Å². The average Bonchev–Trinajstić information content (AvgIpc) is 3.25. The Morgan fingerprint density at radius 2 is 2.20 bits per heavy atom. The Hall–Kier alpha value is -2.43. The standard InChI is InChI=1S/C18H23N5O2/c1-14-20-18(21-25-14)13-22(2)16-7-8-23(12-16)9-10-24-17-5-3-15(11-19)4-6-17/h3-6,16H,7-10,12-13H2,1-2H3/t16-/m1/s1. The Kier molecular flexibility index (Phi) is 5.64. The smallest absolute Gasteiger partial charge is 0.223 e. The van der Waals surface area contributed by atoms with Gasteiger partial charge in [-0.2, -0.15) is 10.2 Å². The Morgan fingerprint density at radius 1 is 1.40 bits per heavy atom. The molecule has 3 rings (SSSR count). The first-order chi connectivity index (χ1) is 12.1. The summed E-state index contributed by atoms with van der Waals surface area (Å²) in [6.07, 6.45) is 1.13. The number of hydrogen-bond donors (Lipinski definition) is 0. The first kappa shape index (κ1) is 17.4. The van der Waals surface area contributed by atoms with Gasteiger partial charge in [0.2, 0.25) is 5.89 Å². The van der Waals surface area contributed by atoms with Crippen LogP contribution in [0.15, 0.2) is 28.8 Å². The summed E-state index contributed by atoms with van der Waals surface area (Å²) in [5, 5.41) is 12.8. The van der Waals surface area contributed by atoms with Crippen molar-refractivity contribution >= 4 is 0 Å². The van der Waals surface area contributed by atoms with Crippen molar-refractivity contribution in [3.05, 3.63) is 41.5 Å². The molecule has 2 aromatic rings. The summed E-state index contributed by atoms with van der Waals surface area (Å²) in [6, 6.07) is 9.83. The van der Waals surface area contributed by atoms with Gasteiger partial charge >= 0.3 is 0 Å². The first-order valence-corrected chi connectivity index (χ1v) is 8.49. The van der Waals surface area contributed by atoms with Crippen LogP contribution in [0.25, 0.3) is 0 Å². The van der Waals surface area contributed by atoms with E-state index >= 15 is 0 Å². The van der Waals surface area contributed by atoms with Crippen LogP contribution in [0.4, 0.5) is 0 Å². The molecule has 1 aliphatic heterocycles. The Labute approximate surface area is 147 Å². The van der Waals surface area contributed by atoms with Crippen molar-refractivity contribution in [3.8, 4) is 11.8 Å². The molecule has 7 heteroatoms. The van der Waals surface area contributed by atoms with Gasteiger partial charge in [-0.3, -0.25) is 9.80 Å². The molecule has 1 saturated heterocycles. The molecular formula is C18H23N5O2. The van der Waals surface area contributed by atoms with E-state index in [1.165, 1.54) is 0 Å². The number of ether oxygens (including phenoxy) is 1. The van der Waals surface area contributed by atoms with Gasteiger partial charge in [-0.15, -0.1) is 0 Å². The van der Waals surface area contributed by atoms with Gasteiger partial charge in [-0.05, 0) is 44.3 Å². The number of likely N-dealkylation sites (tertiary alicyclic amines) is 1. The zero-order valence-corrected chi connectivity index (χ0v) is 14.7. The molecule has 0 aliphatic carbocycles. The molecule has 25 heavy (non-hydrogen) atoms. The molecule has 1 fully saturated rings. The summed E-state index contributed by atoms with van der Waals surface area (Å²) in [5.74, 6) is 2.15. The van der Waals surface area contributed by atoms with E-state index in [1.807, 2.05) is 19.1 Å². The van der Waals surface area contributed by atoms with Gasteiger partial charge in [0.25, 0.3) is 0 Å². The van der Waals surface area contributed by atoms with Crippen molar-refractivity contribution in [1.82, 2.24) is 19.9 Å². The van der Waals surface area contributed by atoms with Gasteiger partial charge in [-0.25, -0.2) is 0 Å². The maximum atomic E-state index is 8.80. The molecule has 0 spiro atoms. The molecular weight excluding hydrogens is 318 g/mol. The van der Waals surface area contributed by atoms with E-state index in [0.29, 0.717) is 30.6 Å². The lowest BCUT2D eigenvalue weighted by molar-refractivity contribution is 0.200. The number of nitriles is 1. The van der Waals surface area contributed by atoms with Crippen LogP contribution >= 0.6 is 0 Å². The molecule has 7 nitrogen and oxygen atoms in total. The zero-order chi connectivity index (χ0) is 17.6. The number of likely N-dealkylation sites (N-methyl/N-ethyl adjacent to an activating group) is 1. The largest absolute Gasteiger partial charge is 0.492 e. The third-order valence-electron chi connectivity index (χ3n) is 4.49. The second kappa shape index (κ2) is 8.10. The molecule has 0 N–H and O–H groups in total. The maximum Gasteiger partial charge on any atom is 0.223 e. The van der Waals surface area contributed by atoms with Gasteiger partial charge in [0, 0.05) is 26.1 Å². The third kappa shape index (κ3) is 4.78. The molecule has 0 radical (unpaired) electrons. The van der Waals surface area contributed by atoms with E-state index in [-0.39, 0.29) is 0 Å². The van der Waals surface area contributed by atoms with Crippen LogP contribution in [0, 0.1) is 18.3 Å². The van der Waals surface area contributed by atoms with Crippen molar-refractivity contribution in [2.45, 2.75) is 25.9 Å². The topological polar surface area (TPSA) is 78.4 Å². The summed E-state index contributed by atoms with van der Waals surface area (Å²) < 4.78 is 10.8. The first-order valence-electron chi connectivity index (χ1n) is 8.49. The molecule has 132 valence electrons. The molecule has 0 amide bonds. The van der Waals surface area contributed by atoms with E-state index in [0.717, 1.165) is 37.6 Å². The van der Waals surface area contributed by atoms with Crippen LogP contribution in [0.3, 0.4) is 0 Å². The third-order valence-corrected chi connectivity index (χ3v) is 4.49. The highest BCUT2D eigenvalue weighted by Crippen LogP contribution is 2.16. The molecule has 1 aromatic heterocycles. The second-order valence-corrected chi connectivity index (χ2v) is 6.37. The van der Waals surface area contributed by atoms with E-state index in [9.17, 15) is 0 Å². The molecule has 0 unspecified atom stereocenters. The van der Waals surface area contributed by atoms with Crippen LogP contribution in [-0.2, 0) is 6.54 Å². The predicted octanol–water partition coefficient (Wildman–Crippen LogP) is 1.83. The summed E-state index contributed by atoms with van der Waals surface area (Å²) >= 11 is 0. The Balaban J connectivity index is 1.39. The summed E-state index contributed by atoms with van der Waals surface area (Å²) in [5.41, 5.74) is 0.648. The van der Waals surface area contributed by atoms with E-state index in [2.05, 4.69) is 33.1 Å². The number of aromatic nitrogens is 2. The highest BCUT2D eigenvalue weighted by atomic mass is 16.5. The van der Waals surface area contributed by atoms with Crippen LogP contribution in [-0.4, -0.2) is 59.3 Å². The lowest BCUT2D eigenvalue weighted by Gasteiger charge is -2.23. The number of nitrogens with zero attached hydrogens (tertiary/aromatic N) is 5. The van der Waals surface area contributed by atoms with Gasteiger partial charge in [-0.1, -0.05) is 5.16 Å². The molecule has 1 atom stereocenters. The number of hydrogen-bond acceptors (Lipinski definition) is 7. The van der Waals surface area contributed by atoms with Crippen LogP contribution in [0.5, 0.6) is 5.75 Å². The quantitative estimate of drug-likeness (QED) is 0.760. The van der Waals surface area contributed by atoms with Crippen LogP contribution in [0.2, 0.25) is 0 Å². The van der Waals surface area contributed by atoms with E-state index < -0.39 is 0 Å². The van der Waals surface area contributed by atoms with Crippen LogP contribution in [0.1, 0.15) is 23.7 Å². The minimum atomic E-state index is 0.494. The summed E-state index contributed by atoms with van der Waals surface area (Å²) in [7, 11) is 2.10. The summed E-state index contributed by atoms with van der Waals surface area (Å²) in [6.45, 7) is 6.14. The highest BCUT2D eigenvalue weighted by molar-refractivity contribution is 5.34. The number of benzene rings is 1. The fourth-order valence-electron chi connectivity index (χ4n) is 3.05. The number of aryl methyl sites for hydroxylation is 1. The Bertz CT molecular complexity index is 722. The van der Waals surface area contributed by atoms with E-state index in [1.54, 1.807) is 12.1 Å². The monoisotopic (exact) mass is 341 g/mol. The lowest BCUT2D eigenvalue weighted by atomic mass is 10.2. The van der Waals surface area contributed by atoms with Gasteiger partial charge in [0.1, 0.15) is 12.4 Å². The highest BCUT2D eigenvalue weighted by Gasteiger charge is 2.26. The van der Waals surface area contributed by atoms with Gasteiger partial charge in [0.05, 0.1) is 18.2 Å². The van der Waals surface area contributed by atoms with Gasteiger partial charge < -0.3 is 9.26 Å². The van der Waals surface area contributed by atoms with E-state index in [4.69, 9.17) is 14.5 Å². The fourth-order valence-corrected chi connectivity index (χ4v) is 3.05. The Morgan fingerprint density at radius 3 is 2.88 bits per heavy atom. The lowest BCUT2D eigenvalue weighted by Crippen LogP contribution is -2.35. The minimum absolute atomic E-state index is 0.494. The predicted molar refractivity (Wildman–Crippen MR) is 92.0 cm³/mol. The van der Waals surface area contributed by atoms with Crippen LogP contribution < -0.4 is 4.74 Å². The molecule has 2 heterocycles. The minimum Gasteiger partial charge on any atom is -0.492 e. The molecule has 0 bridgehead atoms. The molecule has 1 aliphatic rings. The van der Waals surface area contributed by atoms with Crippen molar-refractivity contribution in [1.29, 1.82) is 5.26 Å². The second-order valence-electron chi connectivity index (χ2n) is 6.37. The molecule has 0 saturated carbocycles. The number of rotatable bonds is 7.